The molecule has 0 aliphatic rings. The van der Waals surface area contributed by atoms with Gasteiger partial charge in [0.15, 0.2) is 5.96 Å². The molecule has 0 bridgehead atoms. The van der Waals surface area contributed by atoms with E-state index in [1.807, 2.05) is 0 Å². The van der Waals surface area contributed by atoms with Crippen molar-refractivity contribution in [3.8, 4) is 0 Å². The molecule has 0 atom stereocenters. The maximum Gasteiger partial charge on any atom is 0.191 e. The molecule has 0 unspecified atom stereocenters. The number of benzene rings is 1. The van der Waals surface area contributed by atoms with Gasteiger partial charge in [-0.25, -0.2) is 0 Å². The lowest BCUT2D eigenvalue weighted by Crippen LogP contribution is -2.37. The SMILES string of the molecule is CN=C(NCCc1c[nH]c2c(C)cccc12)NCc1ccsc1.I. The Morgan fingerprint density at radius 2 is 2.12 bits per heavy atom. The highest BCUT2D eigenvalue weighted by Crippen LogP contribution is 2.21. The lowest BCUT2D eigenvalue weighted by atomic mass is 10.1. The second-order valence-corrected chi connectivity index (χ2v) is 6.33. The van der Waals surface area contributed by atoms with Gasteiger partial charge in [-0.3, -0.25) is 4.99 Å². The van der Waals surface area contributed by atoms with E-state index in [0.717, 1.165) is 25.5 Å². The first kappa shape index (κ1) is 18.8. The number of hydrogen-bond donors (Lipinski definition) is 3. The number of aliphatic imine (C=N–C) groups is 1. The van der Waals surface area contributed by atoms with Crippen LogP contribution in [0.2, 0.25) is 0 Å². The number of thiophene rings is 1. The van der Waals surface area contributed by atoms with Gasteiger partial charge < -0.3 is 15.6 Å². The van der Waals surface area contributed by atoms with E-state index in [4.69, 9.17) is 0 Å². The van der Waals surface area contributed by atoms with Gasteiger partial charge in [-0.05, 0) is 46.9 Å². The van der Waals surface area contributed by atoms with E-state index in [0.29, 0.717) is 0 Å². The van der Waals surface area contributed by atoms with Crippen molar-refractivity contribution in [2.45, 2.75) is 19.9 Å². The van der Waals surface area contributed by atoms with Crippen LogP contribution in [0, 0.1) is 6.92 Å². The quantitative estimate of drug-likeness (QED) is 0.310. The summed E-state index contributed by atoms with van der Waals surface area (Å²) in [6.07, 6.45) is 3.07. The van der Waals surface area contributed by atoms with Crippen LogP contribution in [0.4, 0.5) is 0 Å². The average molecular weight is 454 g/mol. The third-order valence-corrected chi connectivity index (χ3v) is 4.69. The smallest absolute Gasteiger partial charge is 0.191 e. The van der Waals surface area contributed by atoms with Crippen molar-refractivity contribution in [1.29, 1.82) is 0 Å². The first-order chi connectivity index (χ1) is 11.3. The first-order valence-corrected chi connectivity index (χ1v) is 8.73. The Hall–Kier alpha value is -1.54. The fraction of sp³-hybridized carbons (Fsp3) is 0.278. The summed E-state index contributed by atoms with van der Waals surface area (Å²) in [4.78, 5) is 7.65. The molecule has 1 aromatic carbocycles. The summed E-state index contributed by atoms with van der Waals surface area (Å²) in [6, 6.07) is 8.55. The second kappa shape index (κ2) is 9.08. The minimum absolute atomic E-state index is 0. The number of aromatic nitrogens is 1. The number of nitrogens with one attached hydrogen (secondary N) is 3. The molecule has 0 spiro atoms. The summed E-state index contributed by atoms with van der Waals surface area (Å²) in [5.41, 5.74) is 5.15. The topological polar surface area (TPSA) is 52.2 Å². The van der Waals surface area contributed by atoms with E-state index in [1.54, 1.807) is 18.4 Å². The predicted octanol–water partition coefficient (Wildman–Crippen LogP) is 4.06. The van der Waals surface area contributed by atoms with Crippen molar-refractivity contribution in [3.63, 3.8) is 0 Å². The summed E-state index contributed by atoms with van der Waals surface area (Å²) in [5.74, 6) is 0.840. The summed E-state index contributed by atoms with van der Waals surface area (Å²) >= 11 is 1.71. The molecule has 4 nitrogen and oxygen atoms in total. The number of nitrogens with zero attached hydrogens (tertiary/aromatic N) is 1. The van der Waals surface area contributed by atoms with E-state index >= 15 is 0 Å². The zero-order chi connectivity index (χ0) is 16.1. The molecule has 128 valence electrons. The molecule has 0 radical (unpaired) electrons. The Balaban J connectivity index is 0.00000208. The molecule has 3 rings (SSSR count). The van der Waals surface area contributed by atoms with Crippen molar-refractivity contribution in [2.24, 2.45) is 4.99 Å². The summed E-state index contributed by atoms with van der Waals surface area (Å²) in [6.45, 7) is 3.79. The van der Waals surface area contributed by atoms with E-state index < -0.39 is 0 Å². The minimum atomic E-state index is 0. The Labute approximate surface area is 163 Å². The standard InChI is InChI=1S/C18H22N4S.HI/c1-13-4-3-5-16-15(11-21-17(13)16)6-8-20-18(19-2)22-10-14-7-9-23-12-14;/h3-5,7,9,11-12,21H,6,8,10H2,1-2H3,(H2,19,20,22);1H. The van der Waals surface area contributed by atoms with Crippen LogP contribution in [0.25, 0.3) is 10.9 Å². The Morgan fingerprint density at radius 1 is 1.25 bits per heavy atom. The monoisotopic (exact) mass is 454 g/mol. The lowest BCUT2D eigenvalue weighted by Gasteiger charge is -2.11. The molecule has 3 N–H and O–H groups in total. The molecule has 0 saturated carbocycles. The van der Waals surface area contributed by atoms with Crippen LogP contribution in [-0.4, -0.2) is 24.5 Å². The van der Waals surface area contributed by atoms with Crippen LogP contribution >= 0.6 is 35.3 Å². The van der Waals surface area contributed by atoms with Crippen molar-refractivity contribution < 1.29 is 0 Å². The molecular weight excluding hydrogens is 431 g/mol. The van der Waals surface area contributed by atoms with Crippen molar-refractivity contribution in [2.75, 3.05) is 13.6 Å². The molecule has 0 amide bonds. The molecule has 2 heterocycles. The highest BCUT2D eigenvalue weighted by Gasteiger charge is 2.05. The predicted molar refractivity (Wildman–Crippen MR) is 115 cm³/mol. The molecule has 6 heteroatoms. The molecule has 0 aliphatic heterocycles. The van der Waals surface area contributed by atoms with E-state index in [1.165, 1.54) is 27.6 Å². The molecule has 0 saturated heterocycles. The zero-order valence-electron chi connectivity index (χ0n) is 13.9. The fourth-order valence-corrected chi connectivity index (χ4v) is 3.35. The normalized spacial score (nSPS) is 11.3. The van der Waals surface area contributed by atoms with Crippen LogP contribution in [0.15, 0.2) is 46.2 Å². The van der Waals surface area contributed by atoms with Gasteiger partial charge in [-0.2, -0.15) is 11.3 Å². The van der Waals surface area contributed by atoms with Crippen LogP contribution < -0.4 is 10.6 Å². The van der Waals surface area contributed by atoms with Gasteiger partial charge in [-0.1, -0.05) is 18.2 Å². The number of hydrogen-bond acceptors (Lipinski definition) is 2. The third-order valence-electron chi connectivity index (χ3n) is 3.96. The summed E-state index contributed by atoms with van der Waals surface area (Å²) in [7, 11) is 1.80. The second-order valence-electron chi connectivity index (χ2n) is 5.55. The van der Waals surface area contributed by atoms with Gasteiger partial charge in [0, 0.05) is 37.2 Å². The Bertz CT molecular complexity index is 793. The number of fused-ring (bicyclic) bond motifs is 1. The zero-order valence-corrected chi connectivity index (χ0v) is 17.1. The number of halogens is 1. The highest BCUT2D eigenvalue weighted by molar-refractivity contribution is 14.0. The number of H-pyrrole nitrogens is 1. The molecule has 0 aliphatic carbocycles. The minimum Gasteiger partial charge on any atom is -0.361 e. The van der Waals surface area contributed by atoms with Crippen LogP contribution in [0.5, 0.6) is 0 Å². The maximum absolute atomic E-state index is 4.27. The van der Waals surface area contributed by atoms with Gasteiger partial charge >= 0.3 is 0 Å². The van der Waals surface area contributed by atoms with Gasteiger partial charge in [0.25, 0.3) is 0 Å². The first-order valence-electron chi connectivity index (χ1n) is 7.79. The summed E-state index contributed by atoms with van der Waals surface area (Å²) in [5, 5.41) is 12.3. The molecular formula is C18H23IN4S. The largest absolute Gasteiger partial charge is 0.361 e. The number of rotatable bonds is 5. The lowest BCUT2D eigenvalue weighted by molar-refractivity contribution is 0.797. The number of aromatic amines is 1. The van der Waals surface area contributed by atoms with Crippen molar-refractivity contribution in [3.05, 3.63) is 57.9 Å². The van der Waals surface area contributed by atoms with E-state index in [-0.39, 0.29) is 24.0 Å². The molecule has 0 fully saturated rings. The summed E-state index contributed by atoms with van der Waals surface area (Å²) < 4.78 is 0. The molecule has 24 heavy (non-hydrogen) atoms. The van der Waals surface area contributed by atoms with Gasteiger partial charge in [0.2, 0.25) is 0 Å². The number of para-hydroxylation sites is 1. The van der Waals surface area contributed by atoms with Gasteiger partial charge in [0.1, 0.15) is 0 Å². The Kier molecular flexibility index (Phi) is 7.11. The van der Waals surface area contributed by atoms with Gasteiger partial charge in [-0.15, -0.1) is 24.0 Å². The van der Waals surface area contributed by atoms with E-state index in [2.05, 4.69) is 68.8 Å². The highest BCUT2D eigenvalue weighted by atomic mass is 127. The molecule has 3 aromatic rings. The van der Waals surface area contributed by atoms with Gasteiger partial charge in [0.05, 0.1) is 0 Å². The van der Waals surface area contributed by atoms with E-state index in [9.17, 15) is 0 Å². The third kappa shape index (κ3) is 4.51. The van der Waals surface area contributed by atoms with Crippen LogP contribution in [-0.2, 0) is 13.0 Å². The van der Waals surface area contributed by atoms with Crippen molar-refractivity contribution in [1.82, 2.24) is 15.6 Å². The average Bonchev–Trinajstić information content (AvgIpc) is 3.21. The molecule has 2 aromatic heterocycles. The fourth-order valence-electron chi connectivity index (χ4n) is 2.69. The van der Waals surface area contributed by atoms with Crippen LogP contribution in [0.1, 0.15) is 16.7 Å². The Morgan fingerprint density at radius 3 is 2.88 bits per heavy atom. The maximum atomic E-state index is 4.27. The van der Waals surface area contributed by atoms with Crippen LogP contribution in [0.3, 0.4) is 0 Å². The van der Waals surface area contributed by atoms with Crippen molar-refractivity contribution >= 4 is 52.2 Å². The number of guanidine groups is 1. The number of aryl methyl sites for hydroxylation is 1.